The summed E-state index contributed by atoms with van der Waals surface area (Å²) < 4.78 is 5.28. The summed E-state index contributed by atoms with van der Waals surface area (Å²) >= 11 is 0. The lowest BCUT2D eigenvalue weighted by molar-refractivity contribution is 0.230. The molecule has 2 heteroatoms. The monoisotopic (exact) mass is 279 g/mol. The summed E-state index contributed by atoms with van der Waals surface area (Å²) in [5.74, 6) is 1.42. The van der Waals surface area contributed by atoms with Crippen LogP contribution in [-0.4, -0.2) is 25.1 Å². The number of methoxy groups -OCH3 is 1. The minimum atomic E-state index is 0.487. The van der Waals surface area contributed by atoms with E-state index in [4.69, 9.17) is 4.74 Å². The molecular weight excluding hydrogens is 258 g/mol. The number of rotatable bonds is 2. The van der Waals surface area contributed by atoms with Crippen molar-refractivity contribution >= 4 is 0 Å². The van der Waals surface area contributed by atoms with Gasteiger partial charge in [0.1, 0.15) is 5.75 Å². The number of benzene rings is 2. The molecular formula is C19H21NO. The van der Waals surface area contributed by atoms with Gasteiger partial charge >= 0.3 is 0 Å². The third-order valence-electron chi connectivity index (χ3n) is 5.03. The Balaban J connectivity index is 1.76. The Bertz CT molecular complexity index is 634. The van der Waals surface area contributed by atoms with Crippen LogP contribution in [0.4, 0.5) is 0 Å². The molecule has 21 heavy (non-hydrogen) atoms. The lowest BCUT2D eigenvalue weighted by Crippen LogP contribution is -2.34. The fourth-order valence-corrected chi connectivity index (χ4v) is 3.98. The van der Waals surface area contributed by atoms with E-state index in [1.165, 1.54) is 30.5 Å². The Morgan fingerprint density at radius 1 is 1.00 bits per heavy atom. The zero-order chi connectivity index (χ0) is 14.2. The van der Waals surface area contributed by atoms with Gasteiger partial charge in [-0.2, -0.15) is 0 Å². The van der Waals surface area contributed by atoms with Crippen LogP contribution in [-0.2, 0) is 0 Å². The molecule has 2 unspecified atom stereocenters. The van der Waals surface area contributed by atoms with Gasteiger partial charge in [0.2, 0.25) is 0 Å². The molecule has 2 nitrogen and oxygen atoms in total. The first-order chi connectivity index (χ1) is 10.4. The lowest BCUT2D eigenvalue weighted by atomic mass is 9.82. The second-order valence-electron chi connectivity index (χ2n) is 6.11. The topological polar surface area (TPSA) is 12.5 Å². The second kappa shape index (κ2) is 5.19. The molecule has 1 fully saturated rings. The molecule has 2 aromatic carbocycles. The summed E-state index contributed by atoms with van der Waals surface area (Å²) in [5, 5.41) is 0. The minimum absolute atomic E-state index is 0.487. The summed E-state index contributed by atoms with van der Waals surface area (Å²) in [5.41, 5.74) is 4.46. The predicted octanol–water partition coefficient (Wildman–Crippen LogP) is 3.98. The highest BCUT2D eigenvalue weighted by molar-refractivity contribution is 5.43. The normalized spacial score (nSPS) is 24.4. The predicted molar refractivity (Wildman–Crippen MR) is 84.8 cm³/mol. The summed E-state index contributed by atoms with van der Waals surface area (Å²) in [6.07, 6.45) is 2.64. The van der Waals surface area contributed by atoms with Crippen molar-refractivity contribution in [2.75, 3.05) is 20.2 Å². The molecule has 2 aromatic rings. The Kier molecular flexibility index (Phi) is 3.19. The van der Waals surface area contributed by atoms with Crippen LogP contribution in [0.15, 0.2) is 48.5 Å². The number of hydrogen-bond donors (Lipinski definition) is 0. The van der Waals surface area contributed by atoms with Crippen LogP contribution >= 0.6 is 0 Å². The molecule has 2 aliphatic rings. The van der Waals surface area contributed by atoms with Crippen molar-refractivity contribution in [3.8, 4) is 5.75 Å². The molecule has 2 atom stereocenters. The maximum absolute atomic E-state index is 5.28. The van der Waals surface area contributed by atoms with Crippen molar-refractivity contribution < 1.29 is 4.74 Å². The first kappa shape index (κ1) is 12.9. The van der Waals surface area contributed by atoms with Gasteiger partial charge in [-0.25, -0.2) is 0 Å². The fourth-order valence-electron chi connectivity index (χ4n) is 3.98. The van der Waals surface area contributed by atoms with Gasteiger partial charge in [0.05, 0.1) is 7.11 Å². The van der Waals surface area contributed by atoms with Crippen molar-refractivity contribution in [3.05, 3.63) is 65.2 Å². The van der Waals surface area contributed by atoms with Gasteiger partial charge in [-0.3, -0.25) is 4.90 Å². The van der Waals surface area contributed by atoms with Gasteiger partial charge in [-0.05, 0) is 48.2 Å². The van der Waals surface area contributed by atoms with Crippen LogP contribution in [0.5, 0.6) is 5.75 Å². The van der Waals surface area contributed by atoms with E-state index in [-0.39, 0.29) is 0 Å². The maximum atomic E-state index is 5.28. The van der Waals surface area contributed by atoms with Crippen molar-refractivity contribution in [2.24, 2.45) is 0 Å². The summed E-state index contributed by atoms with van der Waals surface area (Å²) in [4.78, 5) is 2.66. The molecule has 108 valence electrons. The lowest BCUT2D eigenvalue weighted by Gasteiger charge is -2.37. The van der Waals surface area contributed by atoms with E-state index in [0.717, 1.165) is 12.3 Å². The van der Waals surface area contributed by atoms with Crippen molar-refractivity contribution in [3.63, 3.8) is 0 Å². The summed E-state index contributed by atoms with van der Waals surface area (Å²) in [7, 11) is 1.72. The molecule has 0 radical (unpaired) electrons. The molecule has 0 aliphatic carbocycles. The quantitative estimate of drug-likeness (QED) is 0.824. The van der Waals surface area contributed by atoms with Gasteiger partial charge in [0, 0.05) is 18.5 Å². The van der Waals surface area contributed by atoms with Crippen LogP contribution in [0.3, 0.4) is 0 Å². The van der Waals surface area contributed by atoms with Gasteiger partial charge in [-0.15, -0.1) is 0 Å². The van der Waals surface area contributed by atoms with Gasteiger partial charge < -0.3 is 4.74 Å². The minimum Gasteiger partial charge on any atom is -0.497 e. The van der Waals surface area contributed by atoms with Crippen LogP contribution in [0.25, 0.3) is 0 Å². The highest BCUT2D eigenvalue weighted by atomic mass is 16.5. The molecule has 0 N–H and O–H groups in total. The number of hydrogen-bond acceptors (Lipinski definition) is 2. The molecule has 2 heterocycles. The van der Waals surface area contributed by atoms with Gasteiger partial charge in [0.15, 0.2) is 0 Å². The maximum Gasteiger partial charge on any atom is 0.118 e. The molecule has 2 aliphatic heterocycles. The third kappa shape index (κ3) is 2.14. The van der Waals surface area contributed by atoms with Crippen LogP contribution < -0.4 is 4.74 Å². The fraction of sp³-hybridized carbons (Fsp3) is 0.368. The molecule has 0 saturated carbocycles. The van der Waals surface area contributed by atoms with Crippen molar-refractivity contribution in [1.29, 1.82) is 0 Å². The van der Waals surface area contributed by atoms with Crippen LogP contribution in [0.2, 0.25) is 0 Å². The van der Waals surface area contributed by atoms with Gasteiger partial charge in [0.25, 0.3) is 0 Å². The smallest absolute Gasteiger partial charge is 0.118 e. The van der Waals surface area contributed by atoms with E-state index in [1.54, 1.807) is 12.7 Å². The zero-order valence-electron chi connectivity index (χ0n) is 12.5. The summed E-state index contributed by atoms with van der Waals surface area (Å²) in [6.45, 7) is 2.39. The molecule has 1 saturated heterocycles. The third-order valence-corrected chi connectivity index (χ3v) is 5.03. The highest BCUT2D eigenvalue weighted by Gasteiger charge is 2.35. The van der Waals surface area contributed by atoms with E-state index in [9.17, 15) is 0 Å². The zero-order valence-corrected chi connectivity index (χ0v) is 12.5. The molecule has 0 spiro atoms. The number of ether oxygens (including phenoxy) is 1. The first-order valence-electron chi connectivity index (χ1n) is 7.83. The van der Waals surface area contributed by atoms with E-state index >= 15 is 0 Å². The molecule has 4 rings (SSSR count). The Hall–Kier alpha value is -1.80. The Labute approximate surface area is 126 Å². The average molecular weight is 279 g/mol. The van der Waals surface area contributed by atoms with Crippen molar-refractivity contribution in [2.45, 2.75) is 24.8 Å². The first-order valence-corrected chi connectivity index (χ1v) is 7.83. The van der Waals surface area contributed by atoms with E-state index < -0.39 is 0 Å². The number of fused-ring (bicyclic) bond motifs is 3. The highest BCUT2D eigenvalue weighted by Crippen LogP contribution is 2.44. The second-order valence-corrected chi connectivity index (χ2v) is 6.11. The molecule has 0 amide bonds. The van der Waals surface area contributed by atoms with Crippen molar-refractivity contribution in [1.82, 2.24) is 4.90 Å². The average Bonchev–Trinajstić information content (AvgIpc) is 3.03. The standard InChI is InChI=1S/C19H21NO/c1-21-15-10-8-14(9-11-15)18-13-20-12-4-7-19(20)17-6-3-2-5-16(17)18/h2-3,5-6,8-11,18-19H,4,7,12-13H2,1H3. The Morgan fingerprint density at radius 3 is 2.52 bits per heavy atom. The molecule has 0 bridgehead atoms. The Morgan fingerprint density at radius 2 is 1.76 bits per heavy atom. The van der Waals surface area contributed by atoms with Gasteiger partial charge in [-0.1, -0.05) is 36.4 Å². The largest absolute Gasteiger partial charge is 0.497 e. The van der Waals surface area contributed by atoms with E-state index in [1.807, 2.05) is 0 Å². The number of nitrogens with zero attached hydrogens (tertiary/aromatic N) is 1. The van der Waals surface area contributed by atoms with Crippen LogP contribution in [0, 0.1) is 0 Å². The SMILES string of the molecule is COc1ccc(C2CN3CCCC3c3ccccc32)cc1. The van der Waals surface area contributed by atoms with E-state index in [2.05, 4.69) is 53.4 Å². The molecule has 0 aromatic heterocycles. The summed E-state index contributed by atoms with van der Waals surface area (Å²) in [6, 6.07) is 18.3. The van der Waals surface area contributed by atoms with E-state index in [0.29, 0.717) is 12.0 Å². The van der Waals surface area contributed by atoms with Crippen LogP contribution in [0.1, 0.15) is 41.5 Å².